The molecular weight excluding hydrogens is 300 g/mol. The molecule has 0 spiro atoms. The lowest BCUT2D eigenvalue weighted by Gasteiger charge is -2.24. The van der Waals surface area contributed by atoms with E-state index in [0.717, 1.165) is 22.0 Å². The molecule has 0 atom stereocenters. The number of nitrogens with two attached hydrogens (primary N) is 1. The van der Waals surface area contributed by atoms with E-state index in [1.54, 1.807) is 20.8 Å². The number of hydrazine groups is 1. The Hall–Kier alpha value is -1.73. The molecule has 7 heteroatoms. The summed E-state index contributed by atoms with van der Waals surface area (Å²) in [4.78, 5) is 11.8. The maximum absolute atomic E-state index is 11.8. The molecule has 0 bridgehead atoms. The molecule has 0 heterocycles. The van der Waals surface area contributed by atoms with Gasteiger partial charge in [-0.3, -0.25) is 5.41 Å². The number of benzene rings is 1. The molecule has 0 fully saturated rings. The van der Waals surface area contributed by atoms with Gasteiger partial charge in [0.05, 0.1) is 6.54 Å². The summed E-state index contributed by atoms with van der Waals surface area (Å²) in [6.45, 7) is 7.60. The van der Waals surface area contributed by atoms with Crippen molar-refractivity contribution in [2.75, 3.05) is 11.1 Å². The average molecular weight is 324 g/mol. The zero-order valence-corrected chi connectivity index (χ0v) is 14.3. The van der Waals surface area contributed by atoms with E-state index in [1.165, 1.54) is 11.8 Å². The highest BCUT2D eigenvalue weighted by Crippen LogP contribution is 2.15. The summed E-state index contributed by atoms with van der Waals surface area (Å²) >= 11 is 1.42. The van der Waals surface area contributed by atoms with Gasteiger partial charge in [0.1, 0.15) is 5.60 Å². The summed E-state index contributed by atoms with van der Waals surface area (Å²) in [5, 5.41) is 12.2. The van der Waals surface area contributed by atoms with Gasteiger partial charge in [0.25, 0.3) is 0 Å². The van der Waals surface area contributed by atoms with Crippen LogP contribution >= 0.6 is 11.8 Å². The molecule has 0 radical (unpaired) electrons. The van der Waals surface area contributed by atoms with E-state index in [4.69, 9.17) is 16.0 Å². The predicted octanol–water partition coefficient (Wildman–Crippen LogP) is 3.40. The third-order valence-electron chi connectivity index (χ3n) is 2.45. The number of rotatable bonds is 4. The summed E-state index contributed by atoms with van der Waals surface area (Å²) in [6, 6.07) is 7.44. The van der Waals surface area contributed by atoms with Gasteiger partial charge in [-0.05, 0) is 44.2 Å². The Morgan fingerprint density at radius 2 is 2.14 bits per heavy atom. The van der Waals surface area contributed by atoms with E-state index in [-0.39, 0.29) is 6.54 Å². The predicted molar refractivity (Wildman–Crippen MR) is 91.9 cm³/mol. The maximum Gasteiger partial charge on any atom is 0.424 e. The number of carbonyl (C=O) groups is 1. The number of nitrogens with one attached hydrogen (secondary N) is 2. The van der Waals surface area contributed by atoms with E-state index in [1.807, 2.05) is 31.2 Å². The highest BCUT2D eigenvalue weighted by Gasteiger charge is 2.20. The lowest BCUT2D eigenvalue weighted by Crippen LogP contribution is -2.40. The highest BCUT2D eigenvalue weighted by atomic mass is 32.2. The van der Waals surface area contributed by atoms with E-state index in [9.17, 15) is 4.79 Å². The largest absolute Gasteiger partial charge is 0.443 e. The number of nitrogens with zero attached hydrogens (tertiary/aromatic N) is 1. The SMILES string of the molecule is CCSC(=N)Nc1cccc(CN(N)C(=O)OC(C)(C)C)c1. The van der Waals surface area contributed by atoms with Gasteiger partial charge >= 0.3 is 6.09 Å². The van der Waals surface area contributed by atoms with Crippen LogP contribution < -0.4 is 11.2 Å². The number of hydrogen-bond donors (Lipinski definition) is 3. The molecular formula is C15H24N4O2S. The van der Waals surface area contributed by atoms with Gasteiger partial charge in [0.15, 0.2) is 5.17 Å². The number of ether oxygens (including phenoxy) is 1. The number of thioether (sulfide) groups is 1. The van der Waals surface area contributed by atoms with Gasteiger partial charge in [0.2, 0.25) is 0 Å². The molecule has 22 heavy (non-hydrogen) atoms. The fourth-order valence-electron chi connectivity index (χ4n) is 1.64. The molecule has 6 nitrogen and oxygen atoms in total. The third-order valence-corrected chi connectivity index (χ3v) is 3.13. The maximum atomic E-state index is 11.8. The monoisotopic (exact) mass is 324 g/mol. The van der Waals surface area contributed by atoms with Gasteiger partial charge in [-0.25, -0.2) is 15.6 Å². The van der Waals surface area contributed by atoms with Crippen LogP contribution in [0.3, 0.4) is 0 Å². The van der Waals surface area contributed by atoms with Crippen molar-refractivity contribution >= 4 is 28.7 Å². The van der Waals surface area contributed by atoms with Crippen LogP contribution in [0.25, 0.3) is 0 Å². The van der Waals surface area contributed by atoms with E-state index in [0.29, 0.717) is 5.17 Å². The molecule has 0 saturated carbocycles. The molecule has 4 N–H and O–H groups in total. The second-order valence-electron chi connectivity index (χ2n) is 5.70. The van der Waals surface area contributed by atoms with Crippen LogP contribution in [0.5, 0.6) is 0 Å². The van der Waals surface area contributed by atoms with Crippen molar-refractivity contribution in [2.45, 2.75) is 39.8 Å². The van der Waals surface area contributed by atoms with Crippen molar-refractivity contribution < 1.29 is 9.53 Å². The summed E-state index contributed by atoms with van der Waals surface area (Å²) in [7, 11) is 0. The van der Waals surface area contributed by atoms with Gasteiger partial charge < -0.3 is 10.1 Å². The number of amidine groups is 1. The normalized spacial score (nSPS) is 11.0. The van der Waals surface area contributed by atoms with Crippen molar-refractivity contribution in [1.29, 1.82) is 5.41 Å². The Balaban J connectivity index is 2.66. The minimum atomic E-state index is -0.579. The molecule has 0 unspecified atom stereocenters. The molecule has 1 amide bonds. The van der Waals surface area contributed by atoms with Gasteiger partial charge in [-0.1, -0.05) is 30.8 Å². The second-order valence-corrected chi connectivity index (χ2v) is 6.97. The summed E-state index contributed by atoms with van der Waals surface area (Å²) in [6.07, 6.45) is -0.569. The van der Waals surface area contributed by atoms with E-state index >= 15 is 0 Å². The molecule has 0 saturated heterocycles. The first-order valence-electron chi connectivity index (χ1n) is 7.04. The summed E-state index contributed by atoms with van der Waals surface area (Å²) in [5.74, 6) is 6.58. The summed E-state index contributed by atoms with van der Waals surface area (Å²) < 4.78 is 5.21. The standard InChI is InChI=1S/C15H24N4O2S/c1-5-22-13(16)18-12-8-6-7-11(9-12)10-19(17)14(20)21-15(2,3)4/h6-9H,5,10,17H2,1-4H3,(H2,16,18). The lowest BCUT2D eigenvalue weighted by atomic mass is 10.2. The fourth-order valence-corrected chi connectivity index (χ4v) is 2.12. The van der Waals surface area contributed by atoms with Crippen LogP contribution in [-0.2, 0) is 11.3 Å². The van der Waals surface area contributed by atoms with Crippen LogP contribution in [-0.4, -0.2) is 27.6 Å². The van der Waals surface area contributed by atoms with Crippen LogP contribution in [0, 0.1) is 5.41 Å². The Kier molecular flexibility index (Phi) is 6.70. The molecule has 0 aliphatic rings. The lowest BCUT2D eigenvalue weighted by molar-refractivity contribution is 0.0231. The first-order valence-corrected chi connectivity index (χ1v) is 8.02. The molecule has 0 aromatic heterocycles. The first-order chi connectivity index (χ1) is 10.2. The number of amides is 1. The third kappa shape index (κ3) is 6.82. The van der Waals surface area contributed by atoms with Crippen LogP contribution in [0.1, 0.15) is 33.3 Å². The zero-order valence-electron chi connectivity index (χ0n) is 13.5. The van der Waals surface area contributed by atoms with Gasteiger partial charge in [0, 0.05) is 5.69 Å². The molecule has 122 valence electrons. The van der Waals surface area contributed by atoms with Crippen LogP contribution in [0.2, 0.25) is 0 Å². The Bertz CT molecular complexity index is 529. The Labute approximate surface area is 135 Å². The fraction of sp³-hybridized carbons (Fsp3) is 0.467. The van der Waals surface area contributed by atoms with Crippen molar-refractivity contribution in [2.24, 2.45) is 5.84 Å². The number of anilines is 1. The Morgan fingerprint density at radius 1 is 1.45 bits per heavy atom. The minimum Gasteiger partial charge on any atom is -0.443 e. The van der Waals surface area contributed by atoms with E-state index in [2.05, 4.69) is 5.32 Å². The first kappa shape index (κ1) is 18.3. The van der Waals surface area contributed by atoms with Crippen molar-refractivity contribution in [3.8, 4) is 0 Å². The molecule has 1 rings (SSSR count). The topological polar surface area (TPSA) is 91.4 Å². The Morgan fingerprint density at radius 3 is 2.73 bits per heavy atom. The highest BCUT2D eigenvalue weighted by molar-refractivity contribution is 8.14. The molecule has 0 aliphatic carbocycles. The van der Waals surface area contributed by atoms with Crippen molar-refractivity contribution in [3.05, 3.63) is 29.8 Å². The molecule has 1 aromatic rings. The smallest absolute Gasteiger partial charge is 0.424 e. The van der Waals surface area contributed by atoms with Crippen LogP contribution in [0.15, 0.2) is 24.3 Å². The summed E-state index contributed by atoms with van der Waals surface area (Å²) in [5.41, 5.74) is 1.07. The zero-order chi connectivity index (χ0) is 16.8. The average Bonchev–Trinajstić information content (AvgIpc) is 2.37. The minimum absolute atomic E-state index is 0.235. The van der Waals surface area contributed by atoms with E-state index < -0.39 is 11.7 Å². The molecule has 0 aliphatic heterocycles. The van der Waals surface area contributed by atoms with Crippen molar-refractivity contribution in [1.82, 2.24) is 5.01 Å². The van der Waals surface area contributed by atoms with Gasteiger partial charge in [-0.2, -0.15) is 0 Å². The van der Waals surface area contributed by atoms with Crippen LogP contribution in [0.4, 0.5) is 10.5 Å². The second kappa shape index (κ2) is 8.05. The number of hydrogen-bond acceptors (Lipinski definition) is 5. The molecule has 1 aromatic carbocycles. The number of carbonyl (C=O) groups excluding carboxylic acids is 1. The quantitative estimate of drug-likeness (QED) is 0.259. The van der Waals surface area contributed by atoms with Crippen molar-refractivity contribution in [3.63, 3.8) is 0 Å². The van der Waals surface area contributed by atoms with Gasteiger partial charge in [-0.15, -0.1) is 0 Å².